The zero-order valence-corrected chi connectivity index (χ0v) is 12.8. The molecule has 0 saturated carbocycles. The molecule has 2 saturated heterocycles. The van der Waals surface area contributed by atoms with E-state index in [0.717, 1.165) is 12.1 Å². The molecule has 3 heteroatoms. The fraction of sp³-hybridized carbons (Fsp3) is 1.00. The first kappa shape index (κ1) is 13.8. The van der Waals surface area contributed by atoms with Crippen molar-refractivity contribution in [1.29, 1.82) is 0 Å². The van der Waals surface area contributed by atoms with Crippen LogP contribution in [0.3, 0.4) is 0 Å². The molecule has 100 valence electrons. The van der Waals surface area contributed by atoms with E-state index in [1.807, 2.05) is 0 Å². The predicted molar refractivity (Wildman–Crippen MR) is 77.9 cm³/mol. The Kier molecular flexibility index (Phi) is 5.78. The number of fused-ring (bicyclic) bond motifs is 1. The third kappa shape index (κ3) is 3.93. The standard InChI is InChI=1S/C14H27BrN2/c1-13-11-17-10-6-3-7-14(17)12-16(13)9-5-2-4-8-15/h13-14H,2-12H2,1H3. The normalized spacial score (nSPS) is 31.4. The Morgan fingerprint density at radius 1 is 1.12 bits per heavy atom. The molecular weight excluding hydrogens is 276 g/mol. The fourth-order valence-electron chi connectivity index (χ4n) is 3.31. The summed E-state index contributed by atoms with van der Waals surface area (Å²) in [4.78, 5) is 5.48. The number of halogens is 1. The van der Waals surface area contributed by atoms with Crippen molar-refractivity contribution in [2.75, 3.05) is 31.5 Å². The summed E-state index contributed by atoms with van der Waals surface area (Å²) in [6.07, 6.45) is 8.40. The van der Waals surface area contributed by atoms with Crippen LogP contribution in [0.2, 0.25) is 0 Å². The predicted octanol–water partition coefficient (Wildman–Crippen LogP) is 3.11. The van der Waals surface area contributed by atoms with Crippen LogP contribution in [-0.4, -0.2) is 53.4 Å². The first-order valence-electron chi connectivity index (χ1n) is 7.35. The zero-order chi connectivity index (χ0) is 12.1. The Balaban J connectivity index is 1.74. The monoisotopic (exact) mass is 302 g/mol. The highest BCUT2D eigenvalue weighted by molar-refractivity contribution is 9.09. The number of rotatable bonds is 5. The second-order valence-corrected chi connectivity index (χ2v) is 6.53. The van der Waals surface area contributed by atoms with Crippen LogP contribution in [0.4, 0.5) is 0 Å². The summed E-state index contributed by atoms with van der Waals surface area (Å²) in [5, 5.41) is 1.17. The van der Waals surface area contributed by atoms with E-state index < -0.39 is 0 Å². The molecule has 2 nitrogen and oxygen atoms in total. The molecule has 0 aromatic carbocycles. The second kappa shape index (κ2) is 7.10. The largest absolute Gasteiger partial charge is 0.298 e. The molecule has 2 fully saturated rings. The molecule has 17 heavy (non-hydrogen) atoms. The van der Waals surface area contributed by atoms with Gasteiger partial charge in [0, 0.05) is 30.5 Å². The summed E-state index contributed by atoms with van der Waals surface area (Å²) in [6, 6.07) is 1.64. The third-order valence-electron chi connectivity index (χ3n) is 4.40. The Labute approximate surface area is 115 Å². The molecule has 0 radical (unpaired) electrons. The smallest absolute Gasteiger partial charge is 0.0223 e. The lowest BCUT2D eigenvalue weighted by atomic mass is 9.97. The SMILES string of the molecule is CC1CN2CCCCC2CN1CCCCCBr. The van der Waals surface area contributed by atoms with Crippen LogP contribution in [0.15, 0.2) is 0 Å². The lowest BCUT2D eigenvalue weighted by Crippen LogP contribution is -2.58. The Morgan fingerprint density at radius 2 is 2.00 bits per heavy atom. The van der Waals surface area contributed by atoms with Gasteiger partial charge < -0.3 is 0 Å². The van der Waals surface area contributed by atoms with Crippen LogP contribution < -0.4 is 0 Å². The maximum Gasteiger partial charge on any atom is 0.0223 e. The summed E-state index contributed by atoms with van der Waals surface area (Å²) < 4.78 is 0. The average molecular weight is 303 g/mol. The molecule has 2 rings (SSSR count). The molecule has 0 bridgehead atoms. The summed E-state index contributed by atoms with van der Waals surface area (Å²) in [5.74, 6) is 0. The van der Waals surface area contributed by atoms with Gasteiger partial charge in [-0.1, -0.05) is 28.8 Å². The number of piperidine rings is 1. The molecule has 0 N–H and O–H groups in total. The average Bonchev–Trinajstić information content (AvgIpc) is 2.35. The third-order valence-corrected chi connectivity index (χ3v) is 4.96. The molecule has 2 aliphatic rings. The van der Waals surface area contributed by atoms with E-state index in [9.17, 15) is 0 Å². The van der Waals surface area contributed by atoms with Crippen molar-refractivity contribution in [3.63, 3.8) is 0 Å². The molecule has 0 amide bonds. The van der Waals surface area contributed by atoms with Crippen molar-refractivity contribution in [3.8, 4) is 0 Å². The van der Waals surface area contributed by atoms with Crippen LogP contribution in [0.5, 0.6) is 0 Å². The molecule has 0 spiro atoms. The maximum atomic E-state index is 3.51. The van der Waals surface area contributed by atoms with Crippen LogP contribution in [0.25, 0.3) is 0 Å². The molecular formula is C14H27BrN2. The first-order chi connectivity index (χ1) is 8.31. The van der Waals surface area contributed by atoms with Crippen molar-refractivity contribution >= 4 is 15.9 Å². The van der Waals surface area contributed by atoms with Crippen LogP contribution >= 0.6 is 15.9 Å². The van der Waals surface area contributed by atoms with E-state index in [-0.39, 0.29) is 0 Å². The molecule has 2 atom stereocenters. The Morgan fingerprint density at radius 3 is 2.82 bits per heavy atom. The number of alkyl halides is 1. The van der Waals surface area contributed by atoms with Gasteiger partial charge in [0.2, 0.25) is 0 Å². The van der Waals surface area contributed by atoms with Gasteiger partial charge >= 0.3 is 0 Å². The van der Waals surface area contributed by atoms with Gasteiger partial charge in [0.1, 0.15) is 0 Å². The highest BCUT2D eigenvalue weighted by atomic mass is 79.9. The van der Waals surface area contributed by atoms with E-state index in [4.69, 9.17) is 0 Å². The highest BCUT2D eigenvalue weighted by Crippen LogP contribution is 2.24. The number of nitrogens with zero attached hydrogens (tertiary/aromatic N) is 2. The minimum Gasteiger partial charge on any atom is -0.298 e. The maximum absolute atomic E-state index is 3.51. The molecule has 2 heterocycles. The van der Waals surface area contributed by atoms with Crippen molar-refractivity contribution in [2.24, 2.45) is 0 Å². The summed E-state index contributed by atoms with van der Waals surface area (Å²) in [5.41, 5.74) is 0. The van der Waals surface area contributed by atoms with Crippen LogP contribution in [0, 0.1) is 0 Å². The van der Waals surface area contributed by atoms with Crippen LogP contribution in [-0.2, 0) is 0 Å². The Bertz CT molecular complexity index is 222. The van der Waals surface area contributed by atoms with Crippen molar-refractivity contribution in [2.45, 2.75) is 57.5 Å². The molecule has 0 aliphatic carbocycles. The topological polar surface area (TPSA) is 6.48 Å². The van der Waals surface area contributed by atoms with E-state index in [2.05, 4.69) is 32.7 Å². The molecule has 2 unspecified atom stereocenters. The van der Waals surface area contributed by atoms with Crippen molar-refractivity contribution in [1.82, 2.24) is 9.80 Å². The number of hydrogen-bond acceptors (Lipinski definition) is 2. The molecule has 2 aliphatic heterocycles. The lowest BCUT2D eigenvalue weighted by Gasteiger charge is -2.47. The highest BCUT2D eigenvalue weighted by Gasteiger charge is 2.32. The summed E-state index contributed by atoms with van der Waals surface area (Å²) >= 11 is 3.51. The van der Waals surface area contributed by atoms with Gasteiger partial charge in [0.05, 0.1) is 0 Å². The number of unbranched alkanes of at least 4 members (excludes halogenated alkanes) is 2. The molecule has 0 aromatic rings. The van der Waals surface area contributed by atoms with E-state index in [0.29, 0.717) is 0 Å². The first-order valence-corrected chi connectivity index (χ1v) is 8.47. The lowest BCUT2D eigenvalue weighted by molar-refractivity contribution is 0.0147. The quantitative estimate of drug-likeness (QED) is 0.569. The van der Waals surface area contributed by atoms with Gasteiger partial charge in [0.15, 0.2) is 0 Å². The summed E-state index contributed by atoms with van der Waals surface area (Å²) in [6.45, 7) is 7.72. The van der Waals surface area contributed by atoms with Gasteiger partial charge in [-0.05, 0) is 45.7 Å². The van der Waals surface area contributed by atoms with Gasteiger partial charge in [-0.2, -0.15) is 0 Å². The van der Waals surface area contributed by atoms with Crippen molar-refractivity contribution in [3.05, 3.63) is 0 Å². The minimum absolute atomic E-state index is 0.772. The summed E-state index contributed by atoms with van der Waals surface area (Å²) in [7, 11) is 0. The van der Waals surface area contributed by atoms with E-state index in [1.54, 1.807) is 0 Å². The fourth-order valence-corrected chi connectivity index (χ4v) is 3.71. The molecule has 0 aromatic heterocycles. The zero-order valence-electron chi connectivity index (χ0n) is 11.2. The second-order valence-electron chi connectivity index (χ2n) is 5.74. The van der Waals surface area contributed by atoms with Gasteiger partial charge in [0.25, 0.3) is 0 Å². The van der Waals surface area contributed by atoms with E-state index >= 15 is 0 Å². The van der Waals surface area contributed by atoms with Crippen LogP contribution in [0.1, 0.15) is 45.4 Å². The van der Waals surface area contributed by atoms with Gasteiger partial charge in [-0.25, -0.2) is 0 Å². The minimum atomic E-state index is 0.772. The van der Waals surface area contributed by atoms with Crippen molar-refractivity contribution < 1.29 is 0 Å². The number of hydrogen-bond donors (Lipinski definition) is 0. The van der Waals surface area contributed by atoms with Gasteiger partial charge in [-0.3, -0.25) is 9.80 Å². The number of piperazine rings is 1. The van der Waals surface area contributed by atoms with E-state index in [1.165, 1.54) is 70.0 Å². The van der Waals surface area contributed by atoms with Gasteiger partial charge in [-0.15, -0.1) is 0 Å². The Hall–Kier alpha value is 0.400.